The van der Waals surface area contributed by atoms with Crippen molar-refractivity contribution in [2.75, 3.05) is 20.3 Å². The second kappa shape index (κ2) is 8.33. The molecule has 0 radical (unpaired) electrons. The van der Waals surface area contributed by atoms with Gasteiger partial charge in [-0.15, -0.1) is 0 Å². The standard InChI is InChI=1S/C13H18ClN3O4/c1-20-10-5-8(6-17-3-2-11(15)18)4-9(14)13(10)21-7-12(16)19/h4-5,17H,2-3,6-7H2,1H3,(H2,15,18)(H2,16,19). The molecular weight excluding hydrogens is 298 g/mol. The van der Waals surface area contributed by atoms with E-state index >= 15 is 0 Å². The fourth-order valence-corrected chi connectivity index (χ4v) is 1.89. The highest BCUT2D eigenvalue weighted by Gasteiger charge is 2.13. The Morgan fingerprint density at radius 2 is 2.00 bits per heavy atom. The summed E-state index contributed by atoms with van der Waals surface area (Å²) in [6, 6.07) is 3.40. The van der Waals surface area contributed by atoms with Gasteiger partial charge in [-0.05, 0) is 17.7 Å². The zero-order chi connectivity index (χ0) is 15.8. The van der Waals surface area contributed by atoms with Crippen LogP contribution in [0.15, 0.2) is 12.1 Å². The van der Waals surface area contributed by atoms with Gasteiger partial charge in [-0.25, -0.2) is 0 Å². The van der Waals surface area contributed by atoms with Crippen LogP contribution in [0.25, 0.3) is 0 Å². The molecule has 0 saturated carbocycles. The lowest BCUT2D eigenvalue weighted by atomic mass is 10.2. The van der Waals surface area contributed by atoms with Gasteiger partial charge in [0.15, 0.2) is 18.1 Å². The number of carbonyl (C=O) groups excluding carboxylic acids is 2. The summed E-state index contributed by atoms with van der Waals surface area (Å²) in [7, 11) is 1.47. The zero-order valence-electron chi connectivity index (χ0n) is 11.6. The number of benzene rings is 1. The predicted molar refractivity (Wildman–Crippen MR) is 78.2 cm³/mol. The summed E-state index contributed by atoms with van der Waals surface area (Å²) >= 11 is 6.10. The summed E-state index contributed by atoms with van der Waals surface area (Å²) in [5.41, 5.74) is 10.9. The summed E-state index contributed by atoms with van der Waals surface area (Å²) < 4.78 is 10.4. The smallest absolute Gasteiger partial charge is 0.255 e. The fourth-order valence-electron chi connectivity index (χ4n) is 1.60. The molecule has 0 heterocycles. The Balaban J connectivity index is 2.73. The summed E-state index contributed by atoms with van der Waals surface area (Å²) in [6.07, 6.45) is 0.255. The molecule has 5 N–H and O–H groups in total. The minimum atomic E-state index is -0.606. The van der Waals surface area contributed by atoms with Crippen LogP contribution in [0.2, 0.25) is 5.02 Å². The van der Waals surface area contributed by atoms with Crippen molar-refractivity contribution >= 4 is 23.4 Å². The number of nitrogens with two attached hydrogens (primary N) is 2. The summed E-state index contributed by atoms with van der Waals surface area (Å²) in [5.74, 6) is -0.312. The van der Waals surface area contributed by atoms with Crippen molar-refractivity contribution in [3.63, 3.8) is 0 Å². The Kier molecular flexibility index (Phi) is 6.77. The lowest BCUT2D eigenvalue weighted by Crippen LogP contribution is -2.22. The fraction of sp³-hybridized carbons (Fsp3) is 0.385. The molecule has 2 amide bonds. The molecule has 21 heavy (non-hydrogen) atoms. The molecule has 0 aliphatic heterocycles. The monoisotopic (exact) mass is 315 g/mol. The van der Waals surface area contributed by atoms with Crippen LogP contribution >= 0.6 is 11.6 Å². The number of halogens is 1. The lowest BCUT2D eigenvalue weighted by Gasteiger charge is -2.13. The number of methoxy groups -OCH3 is 1. The topological polar surface area (TPSA) is 117 Å². The SMILES string of the molecule is COc1cc(CNCCC(N)=O)cc(Cl)c1OCC(N)=O. The molecule has 0 unspecified atom stereocenters. The maximum absolute atomic E-state index is 10.7. The van der Waals surface area contributed by atoms with Gasteiger partial charge in [0.1, 0.15) is 0 Å². The highest BCUT2D eigenvalue weighted by atomic mass is 35.5. The number of nitrogens with one attached hydrogen (secondary N) is 1. The first kappa shape index (κ1) is 17.1. The molecule has 1 aromatic carbocycles. The van der Waals surface area contributed by atoms with Gasteiger partial charge < -0.3 is 26.3 Å². The second-order valence-electron chi connectivity index (χ2n) is 4.26. The minimum absolute atomic E-state index is 0.255. The molecule has 7 nitrogen and oxygen atoms in total. The van der Waals surface area contributed by atoms with Crippen LogP contribution in [0.4, 0.5) is 0 Å². The molecular formula is C13H18ClN3O4. The van der Waals surface area contributed by atoms with Gasteiger partial charge in [0, 0.05) is 19.5 Å². The van der Waals surface area contributed by atoms with Crippen molar-refractivity contribution in [3.05, 3.63) is 22.7 Å². The van der Waals surface area contributed by atoms with E-state index in [1.807, 2.05) is 0 Å². The first-order chi connectivity index (χ1) is 9.93. The molecule has 0 saturated heterocycles. The van der Waals surface area contributed by atoms with Gasteiger partial charge in [-0.2, -0.15) is 0 Å². The van der Waals surface area contributed by atoms with Gasteiger partial charge in [0.2, 0.25) is 5.91 Å². The number of hydrogen-bond acceptors (Lipinski definition) is 5. The highest BCUT2D eigenvalue weighted by molar-refractivity contribution is 6.32. The van der Waals surface area contributed by atoms with Crippen molar-refractivity contribution in [3.8, 4) is 11.5 Å². The third kappa shape index (κ3) is 5.88. The van der Waals surface area contributed by atoms with Crippen molar-refractivity contribution < 1.29 is 19.1 Å². The average molecular weight is 316 g/mol. The third-order valence-corrected chi connectivity index (χ3v) is 2.81. The van der Waals surface area contributed by atoms with Crippen LogP contribution in [-0.4, -0.2) is 32.1 Å². The molecule has 8 heteroatoms. The van der Waals surface area contributed by atoms with E-state index in [1.165, 1.54) is 7.11 Å². The third-order valence-electron chi connectivity index (χ3n) is 2.53. The van der Waals surface area contributed by atoms with E-state index < -0.39 is 5.91 Å². The molecule has 0 spiro atoms. The Hall–Kier alpha value is -1.99. The summed E-state index contributed by atoms with van der Waals surface area (Å²) in [4.78, 5) is 21.4. The number of ether oxygens (including phenoxy) is 2. The van der Waals surface area contributed by atoms with E-state index in [1.54, 1.807) is 12.1 Å². The zero-order valence-corrected chi connectivity index (χ0v) is 12.4. The molecule has 0 aliphatic carbocycles. The average Bonchev–Trinajstić information content (AvgIpc) is 2.41. The van der Waals surface area contributed by atoms with Crippen molar-refractivity contribution in [1.82, 2.24) is 5.32 Å². The highest BCUT2D eigenvalue weighted by Crippen LogP contribution is 2.36. The molecule has 1 rings (SSSR count). The summed E-state index contributed by atoms with van der Waals surface area (Å²) in [5, 5.41) is 3.36. The molecule has 0 aliphatic rings. The minimum Gasteiger partial charge on any atom is -0.493 e. The Morgan fingerprint density at radius 3 is 2.57 bits per heavy atom. The van der Waals surface area contributed by atoms with E-state index in [-0.39, 0.29) is 24.7 Å². The molecule has 0 aromatic heterocycles. The molecule has 0 atom stereocenters. The van der Waals surface area contributed by atoms with Crippen LogP contribution in [0, 0.1) is 0 Å². The van der Waals surface area contributed by atoms with E-state index in [0.29, 0.717) is 23.9 Å². The van der Waals surface area contributed by atoms with E-state index in [9.17, 15) is 9.59 Å². The number of rotatable bonds is 9. The van der Waals surface area contributed by atoms with E-state index in [0.717, 1.165) is 5.56 Å². The van der Waals surface area contributed by atoms with Crippen LogP contribution in [0.5, 0.6) is 11.5 Å². The first-order valence-corrected chi connectivity index (χ1v) is 6.58. The first-order valence-electron chi connectivity index (χ1n) is 6.20. The number of amides is 2. The largest absolute Gasteiger partial charge is 0.493 e. The van der Waals surface area contributed by atoms with Crippen LogP contribution in [0.3, 0.4) is 0 Å². The van der Waals surface area contributed by atoms with Crippen LogP contribution in [0.1, 0.15) is 12.0 Å². The van der Waals surface area contributed by atoms with Crippen LogP contribution in [-0.2, 0) is 16.1 Å². The number of carbonyl (C=O) groups is 2. The van der Waals surface area contributed by atoms with Gasteiger partial charge >= 0.3 is 0 Å². The Labute approximate surface area is 127 Å². The van der Waals surface area contributed by atoms with E-state index in [2.05, 4.69) is 5.32 Å². The Bertz CT molecular complexity index is 522. The lowest BCUT2D eigenvalue weighted by molar-refractivity contribution is -0.120. The molecule has 0 bridgehead atoms. The van der Waals surface area contributed by atoms with Gasteiger partial charge in [-0.1, -0.05) is 11.6 Å². The number of primary amides is 2. The quantitative estimate of drug-likeness (QED) is 0.562. The van der Waals surface area contributed by atoms with E-state index in [4.69, 9.17) is 32.5 Å². The van der Waals surface area contributed by atoms with Gasteiger partial charge in [0.25, 0.3) is 5.91 Å². The van der Waals surface area contributed by atoms with Gasteiger partial charge in [0.05, 0.1) is 12.1 Å². The van der Waals surface area contributed by atoms with Crippen LogP contribution < -0.4 is 26.3 Å². The van der Waals surface area contributed by atoms with Crippen molar-refractivity contribution in [2.24, 2.45) is 11.5 Å². The van der Waals surface area contributed by atoms with Crippen molar-refractivity contribution in [1.29, 1.82) is 0 Å². The molecule has 0 fully saturated rings. The van der Waals surface area contributed by atoms with Crippen molar-refractivity contribution in [2.45, 2.75) is 13.0 Å². The molecule has 116 valence electrons. The summed E-state index contributed by atoms with van der Waals surface area (Å²) in [6.45, 7) is 0.668. The maximum atomic E-state index is 10.7. The second-order valence-corrected chi connectivity index (χ2v) is 4.66. The Morgan fingerprint density at radius 1 is 1.29 bits per heavy atom. The normalized spacial score (nSPS) is 10.2. The predicted octanol–water partition coefficient (Wildman–Crippen LogP) is 0.178. The number of hydrogen-bond donors (Lipinski definition) is 3. The maximum Gasteiger partial charge on any atom is 0.255 e. The van der Waals surface area contributed by atoms with Gasteiger partial charge in [-0.3, -0.25) is 9.59 Å². The molecule has 1 aromatic rings.